The van der Waals surface area contributed by atoms with Crippen LogP contribution in [-0.4, -0.2) is 42.5 Å². The van der Waals surface area contributed by atoms with Gasteiger partial charge < -0.3 is 11.1 Å². The summed E-state index contributed by atoms with van der Waals surface area (Å²) in [6.45, 7) is 11.6. The van der Waals surface area contributed by atoms with Crippen LogP contribution >= 0.6 is 0 Å². The summed E-state index contributed by atoms with van der Waals surface area (Å²) >= 11 is 0. The van der Waals surface area contributed by atoms with Gasteiger partial charge in [0.15, 0.2) is 0 Å². The van der Waals surface area contributed by atoms with E-state index in [1.807, 2.05) is 6.92 Å². The summed E-state index contributed by atoms with van der Waals surface area (Å²) in [5, 5.41) is 3.05. The molecule has 0 aromatic rings. The van der Waals surface area contributed by atoms with Gasteiger partial charge in [-0.2, -0.15) is 0 Å². The number of carbonyl (C=O) groups excluding carboxylic acids is 1. The lowest BCUT2D eigenvalue weighted by atomic mass is 9.98. The van der Waals surface area contributed by atoms with Gasteiger partial charge in [0.2, 0.25) is 5.91 Å². The standard InChI is InChI=1S/C15H31N3O/c1-5-12(4)14(16)15(19)17-10-13(11(2)3)18-8-6-7-9-18/h11-14H,5-10,16H2,1-4H3,(H,17,19). The zero-order chi connectivity index (χ0) is 14.4. The Morgan fingerprint density at radius 1 is 1.26 bits per heavy atom. The number of hydrogen-bond donors (Lipinski definition) is 2. The van der Waals surface area contributed by atoms with Crippen molar-refractivity contribution in [1.29, 1.82) is 0 Å². The number of nitrogens with two attached hydrogens (primary N) is 1. The van der Waals surface area contributed by atoms with Crippen molar-refractivity contribution in [2.24, 2.45) is 17.6 Å². The van der Waals surface area contributed by atoms with Gasteiger partial charge in [-0.3, -0.25) is 9.69 Å². The number of nitrogens with zero attached hydrogens (tertiary/aromatic N) is 1. The van der Waals surface area contributed by atoms with Gasteiger partial charge in [0.25, 0.3) is 0 Å². The van der Waals surface area contributed by atoms with Crippen LogP contribution in [0.2, 0.25) is 0 Å². The molecule has 1 aliphatic rings. The summed E-state index contributed by atoms with van der Waals surface area (Å²) in [4.78, 5) is 14.5. The van der Waals surface area contributed by atoms with Crippen LogP contribution in [0, 0.1) is 11.8 Å². The number of carbonyl (C=O) groups is 1. The van der Waals surface area contributed by atoms with Crippen molar-refractivity contribution in [3.05, 3.63) is 0 Å². The molecule has 112 valence electrons. The molecule has 1 fully saturated rings. The molecule has 0 spiro atoms. The number of nitrogens with one attached hydrogen (secondary N) is 1. The zero-order valence-corrected chi connectivity index (χ0v) is 13.0. The molecule has 1 saturated heterocycles. The van der Waals surface area contributed by atoms with Crippen LogP contribution in [0.4, 0.5) is 0 Å². The Balaban J connectivity index is 2.45. The van der Waals surface area contributed by atoms with Crippen molar-refractivity contribution in [2.75, 3.05) is 19.6 Å². The fourth-order valence-electron chi connectivity index (χ4n) is 2.70. The zero-order valence-electron chi connectivity index (χ0n) is 13.0. The average molecular weight is 269 g/mol. The largest absolute Gasteiger partial charge is 0.353 e. The number of likely N-dealkylation sites (tertiary alicyclic amines) is 1. The molecule has 0 aromatic heterocycles. The summed E-state index contributed by atoms with van der Waals surface area (Å²) in [6, 6.07) is 0.0620. The van der Waals surface area contributed by atoms with Crippen molar-refractivity contribution in [2.45, 2.75) is 59.0 Å². The van der Waals surface area contributed by atoms with Gasteiger partial charge >= 0.3 is 0 Å². The van der Waals surface area contributed by atoms with Crippen LogP contribution in [-0.2, 0) is 4.79 Å². The molecule has 3 unspecified atom stereocenters. The lowest BCUT2D eigenvalue weighted by Gasteiger charge is -2.31. The summed E-state index contributed by atoms with van der Waals surface area (Å²) in [6.07, 6.45) is 3.50. The molecule has 0 saturated carbocycles. The van der Waals surface area contributed by atoms with Gasteiger partial charge in [-0.25, -0.2) is 0 Å². The van der Waals surface area contributed by atoms with Crippen molar-refractivity contribution in [3.63, 3.8) is 0 Å². The van der Waals surface area contributed by atoms with E-state index in [4.69, 9.17) is 5.73 Å². The van der Waals surface area contributed by atoms with Gasteiger partial charge in [-0.1, -0.05) is 34.1 Å². The van der Waals surface area contributed by atoms with E-state index in [0.717, 1.165) is 26.1 Å². The van der Waals surface area contributed by atoms with Crippen molar-refractivity contribution >= 4 is 5.91 Å². The smallest absolute Gasteiger partial charge is 0.237 e. The van der Waals surface area contributed by atoms with E-state index < -0.39 is 0 Å². The third-order valence-corrected chi connectivity index (χ3v) is 4.42. The van der Waals surface area contributed by atoms with Crippen LogP contribution in [0.3, 0.4) is 0 Å². The molecular formula is C15H31N3O. The summed E-state index contributed by atoms with van der Waals surface area (Å²) in [5.74, 6) is 0.793. The van der Waals surface area contributed by atoms with Crippen molar-refractivity contribution in [3.8, 4) is 0 Å². The first-order valence-corrected chi connectivity index (χ1v) is 7.74. The average Bonchev–Trinajstić information content (AvgIpc) is 2.90. The minimum absolute atomic E-state index is 0.000744. The molecule has 3 N–H and O–H groups in total. The summed E-state index contributed by atoms with van der Waals surface area (Å²) < 4.78 is 0. The maximum atomic E-state index is 12.0. The maximum Gasteiger partial charge on any atom is 0.237 e. The van der Waals surface area contributed by atoms with Crippen molar-refractivity contribution < 1.29 is 4.79 Å². The molecule has 0 bridgehead atoms. The minimum Gasteiger partial charge on any atom is -0.353 e. The third-order valence-electron chi connectivity index (χ3n) is 4.42. The lowest BCUT2D eigenvalue weighted by molar-refractivity contribution is -0.123. The van der Waals surface area contributed by atoms with Gasteiger partial charge in [-0.05, 0) is 37.8 Å². The van der Waals surface area contributed by atoms with E-state index >= 15 is 0 Å². The Bertz CT molecular complexity index is 275. The van der Waals surface area contributed by atoms with Crippen LogP contribution in [0.1, 0.15) is 47.0 Å². The molecule has 4 nitrogen and oxygen atoms in total. The molecule has 4 heteroatoms. The first-order chi connectivity index (χ1) is 8.97. The minimum atomic E-state index is -0.378. The first kappa shape index (κ1) is 16.4. The summed E-state index contributed by atoms with van der Waals surface area (Å²) in [7, 11) is 0. The molecule has 3 atom stereocenters. The van der Waals surface area contributed by atoms with Gasteiger partial charge in [0, 0.05) is 12.6 Å². The van der Waals surface area contributed by atoms with E-state index in [1.54, 1.807) is 0 Å². The highest BCUT2D eigenvalue weighted by Gasteiger charge is 2.26. The monoisotopic (exact) mass is 269 g/mol. The molecule has 1 heterocycles. The Morgan fingerprint density at radius 3 is 2.32 bits per heavy atom. The number of rotatable bonds is 7. The SMILES string of the molecule is CCC(C)C(N)C(=O)NCC(C(C)C)N1CCCC1. The number of amides is 1. The predicted octanol–water partition coefficient (Wildman–Crippen LogP) is 1.60. The van der Waals surface area contributed by atoms with E-state index in [1.165, 1.54) is 12.8 Å². The molecule has 0 aromatic carbocycles. The van der Waals surface area contributed by atoms with E-state index in [2.05, 4.69) is 31.0 Å². The van der Waals surface area contributed by atoms with Crippen LogP contribution in [0.25, 0.3) is 0 Å². The van der Waals surface area contributed by atoms with Gasteiger partial charge in [0.1, 0.15) is 0 Å². The molecule has 19 heavy (non-hydrogen) atoms. The van der Waals surface area contributed by atoms with Crippen LogP contribution in [0.15, 0.2) is 0 Å². The quantitative estimate of drug-likeness (QED) is 0.738. The second-order valence-electron chi connectivity index (χ2n) is 6.21. The maximum absolute atomic E-state index is 12.0. The molecule has 1 rings (SSSR count). The fourth-order valence-corrected chi connectivity index (χ4v) is 2.70. The van der Waals surface area contributed by atoms with E-state index in [0.29, 0.717) is 12.0 Å². The molecule has 0 aliphatic carbocycles. The Morgan fingerprint density at radius 2 is 1.84 bits per heavy atom. The van der Waals surface area contributed by atoms with E-state index in [9.17, 15) is 4.79 Å². The molecular weight excluding hydrogens is 238 g/mol. The Kier molecular flexibility index (Phi) is 6.80. The van der Waals surface area contributed by atoms with Crippen LogP contribution in [0.5, 0.6) is 0 Å². The Hall–Kier alpha value is -0.610. The lowest BCUT2D eigenvalue weighted by Crippen LogP contribution is -2.50. The van der Waals surface area contributed by atoms with Gasteiger partial charge in [-0.15, -0.1) is 0 Å². The fraction of sp³-hybridized carbons (Fsp3) is 0.933. The second-order valence-corrected chi connectivity index (χ2v) is 6.21. The predicted molar refractivity (Wildman–Crippen MR) is 79.9 cm³/mol. The van der Waals surface area contributed by atoms with E-state index in [-0.39, 0.29) is 17.9 Å². The molecule has 0 radical (unpaired) electrons. The second kappa shape index (κ2) is 7.85. The normalized spacial score (nSPS) is 21.4. The first-order valence-electron chi connectivity index (χ1n) is 7.74. The molecule has 1 aliphatic heterocycles. The third kappa shape index (κ3) is 4.77. The van der Waals surface area contributed by atoms with Gasteiger partial charge in [0.05, 0.1) is 6.04 Å². The number of hydrogen-bond acceptors (Lipinski definition) is 3. The topological polar surface area (TPSA) is 58.4 Å². The summed E-state index contributed by atoms with van der Waals surface area (Å²) in [5.41, 5.74) is 5.96. The van der Waals surface area contributed by atoms with Crippen molar-refractivity contribution in [1.82, 2.24) is 10.2 Å². The Labute approximate surface area is 118 Å². The highest BCUT2D eigenvalue weighted by atomic mass is 16.2. The molecule has 1 amide bonds. The van der Waals surface area contributed by atoms with Crippen LogP contribution < -0.4 is 11.1 Å². The highest BCUT2D eigenvalue weighted by Crippen LogP contribution is 2.17. The highest BCUT2D eigenvalue weighted by molar-refractivity contribution is 5.81.